The van der Waals surface area contributed by atoms with Crippen LogP contribution in [0.2, 0.25) is 0 Å². The van der Waals surface area contributed by atoms with Crippen LogP contribution in [0.1, 0.15) is 18.1 Å². The van der Waals surface area contributed by atoms with E-state index in [1.54, 1.807) is 30.5 Å². The number of nitrogens with zero attached hydrogens (tertiary/aromatic N) is 3. The molecule has 1 aromatic carbocycles. The van der Waals surface area contributed by atoms with Crippen LogP contribution >= 0.6 is 0 Å². The van der Waals surface area contributed by atoms with Crippen molar-refractivity contribution in [3.63, 3.8) is 0 Å². The zero-order valence-electron chi connectivity index (χ0n) is 13.4. The first-order valence-corrected chi connectivity index (χ1v) is 8.98. The molecule has 8 heteroatoms. The van der Waals surface area contributed by atoms with Crippen LogP contribution in [-0.4, -0.2) is 29.6 Å². The molecule has 126 valence electrons. The van der Waals surface area contributed by atoms with E-state index in [0.29, 0.717) is 24.5 Å². The van der Waals surface area contributed by atoms with Crippen molar-refractivity contribution in [1.29, 1.82) is 0 Å². The second-order valence-corrected chi connectivity index (χ2v) is 6.97. The molecule has 3 rings (SSSR count). The zero-order chi connectivity index (χ0) is 17.2. The summed E-state index contributed by atoms with van der Waals surface area (Å²) in [7, 11) is -3.74. The smallest absolute Gasteiger partial charge is 0.262 e. The maximum absolute atomic E-state index is 12.7. The molecule has 0 saturated heterocycles. The molecule has 2 heterocycles. The monoisotopic (exact) mass is 346 g/mol. The van der Waals surface area contributed by atoms with Gasteiger partial charge < -0.3 is 4.74 Å². The molecule has 2 aromatic heterocycles. The van der Waals surface area contributed by atoms with Crippen molar-refractivity contribution in [2.45, 2.75) is 25.3 Å². The molecular weight excluding hydrogens is 328 g/mol. The Morgan fingerprint density at radius 3 is 2.92 bits per heavy atom. The molecule has 0 aliphatic carbocycles. The molecule has 0 spiro atoms. The highest BCUT2D eigenvalue weighted by Crippen LogP contribution is 2.23. The lowest BCUT2D eigenvalue weighted by atomic mass is 10.2. The number of aromatic nitrogens is 3. The van der Waals surface area contributed by atoms with Gasteiger partial charge in [-0.25, -0.2) is 17.9 Å². The van der Waals surface area contributed by atoms with E-state index in [-0.39, 0.29) is 4.90 Å². The van der Waals surface area contributed by atoms with Gasteiger partial charge in [-0.1, -0.05) is 12.1 Å². The van der Waals surface area contributed by atoms with Crippen molar-refractivity contribution in [3.05, 3.63) is 54.0 Å². The minimum atomic E-state index is -3.74. The average molecular weight is 346 g/mol. The number of sulfonamides is 1. The van der Waals surface area contributed by atoms with Crippen LogP contribution in [0.4, 0.5) is 5.69 Å². The largest absolute Gasteiger partial charge is 0.377 e. The Labute approximate surface area is 140 Å². The Morgan fingerprint density at radius 2 is 2.12 bits per heavy atom. The van der Waals surface area contributed by atoms with Crippen LogP contribution in [0.5, 0.6) is 0 Å². The lowest BCUT2D eigenvalue weighted by Gasteiger charge is -2.12. The standard InChI is InChI=1S/C16H18N4O3S/c1-3-23-10-13-5-4-6-14(9-13)24(21,22)19-15-12(2)7-8-20-16(15)17-11-18-20/h4-9,11,19H,3,10H2,1-2H3. The summed E-state index contributed by atoms with van der Waals surface area (Å²) in [6.45, 7) is 4.66. The Bertz CT molecular complexity index is 966. The van der Waals surface area contributed by atoms with Crippen LogP contribution in [0.25, 0.3) is 5.65 Å². The Kier molecular flexibility index (Phi) is 4.50. The van der Waals surface area contributed by atoms with Crippen molar-refractivity contribution in [3.8, 4) is 0 Å². The number of hydrogen-bond donors (Lipinski definition) is 1. The number of fused-ring (bicyclic) bond motifs is 1. The van der Waals surface area contributed by atoms with E-state index >= 15 is 0 Å². The first-order chi connectivity index (χ1) is 11.5. The molecule has 0 saturated carbocycles. The van der Waals surface area contributed by atoms with Crippen LogP contribution in [-0.2, 0) is 21.4 Å². The SMILES string of the molecule is CCOCc1cccc(S(=O)(=O)Nc2c(C)ccn3ncnc23)c1. The van der Waals surface area contributed by atoms with Gasteiger partial charge >= 0.3 is 0 Å². The number of pyridine rings is 1. The predicted octanol–water partition coefficient (Wildman–Crippen LogP) is 2.38. The summed E-state index contributed by atoms with van der Waals surface area (Å²) in [6.07, 6.45) is 3.12. The summed E-state index contributed by atoms with van der Waals surface area (Å²) >= 11 is 0. The van der Waals surface area contributed by atoms with Gasteiger partial charge in [0.2, 0.25) is 0 Å². The van der Waals surface area contributed by atoms with Gasteiger partial charge in [-0.05, 0) is 43.2 Å². The van der Waals surface area contributed by atoms with Gasteiger partial charge in [0.1, 0.15) is 6.33 Å². The van der Waals surface area contributed by atoms with Gasteiger partial charge in [0.25, 0.3) is 10.0 Å². The molecule has 0 unspecified atom stereocenters. The second kappa shape index (κ2) is 6.58. The van der Waals surface area contributed by atoms with Gasteiger partial charge in [-0.15, -0.1) is 0 Å². The molecule has 24 heavy (non-hydrogen) atoms. The highest BCUT2D eigenvalue weighted by Gasteiger charge is 2.18. The Balaban J connectivity index is 1.96. The third-order valence-electron chi connectivity index (χ3n) is 3.57. The van der Waals surface area contributed by atoms with Crippen molar-refractivity contribution in [1.82, 2.24) is 14.6 Å². The molecule has 0 atom stereocenters. The van der Waals surface area contributed by atoms with Crippen LogP contribution < -0.4 is 4.72 Å². The number of hydrogen-bond acceptors (Lipinski definition) is 5. The topological polar surface area (TPSA) is 85.6 Å². The predicted molar refractivity (Wildman–Crippen MR) is 90.3 cm³/mol. The van der Waals surface area contributed by atoms with Crippen molar-refractivity contribution in [2.75, 3.05) is 11.3 Å². The van der Waals surface area contributed by atoms with Gasteiger partial charge in [0.05, 0.1) is 17.2 Å². The highest BCUT2D eigenvalue weighted by atomic mass is 32.2. The number of benzene rings is 1. The third-order valence-corrected chi connectivity index (χ3v) is 4.92. The first-order valence-electron chi connectivity index (χ1n) is 7.49. The van der Waals surface area contributed by atoms with Crippen LogP contribution in [0.15, 0.2) is 47.8 Å². The summed E-state index contributed by atoms with van der Waals surface area (Å²) in [5.41, 5.74) is 2.45. The van der Waals surface area contributed by atoms with Crippen molar-refractivity contribution >= 4 is 21.4 Å². The van der Waals surface area contributed by atoms with Crippen molar-refractivity contribution in [2.24, 2.45) is 0 Å². The summed E-state index contributed by atoms with van der Waals surface area (Å²) in [5.74, 6) is 0. The second-order valence-electron chi connectivity index (χ2n) is 5.29. The normalized spacial score (nSPS) is 11.8. The summed E-state index contributed by atoms with van der Waals surface area (Å²) in [6, 6.07) is 8.48. The lowest BCUT2D eigenvalue weighted by Crippen LogP contribution is -2.15. The summed E-state index contributed by atoms with van der Waals surface area (Å²) in [5, 5.41) is 4.03. The lowest BCUT2D eigenvalue weighted by molar-refractivity contribution is 0.134. The molecule has 0 fully saturated rings. The maximum atomic E-state index is 12.7. The first kappa shape index (κ1) is 16.4. The van der Waals surface area contributed by atoms with E-state index in [4.69, 9.17) is 4.74 Å². The van der Waals surface area contributed by atoms with Gasteiger partial charge in [-0.3, -0.25) is 4.72 Å². The van der Waals surface area contributed by atoms with Crippen LogP contribution in [0.3, 0.4) is 0 Å². The molecule has 7 nitrogen and oxygen atoms in total. The minimum absolute atomic E-state index is 0.181. The van der Waals surface area contributed by atoms with E-state index in [0.717, 1.165) is 11.1 Å². The molecule has 3 aromatic rings. The number of rotatable bonds is 6. The quantitative estimate of drug-likeness (QED) is 0.740. The molecular formula is C16H18N4O3S. The summed E-state index contributed by atoms with van der Waals surface area (Å²) < 4.78 is 35.0. The Hall–Kier alpha value is -2.45. The van der Waals surface area contributed by atoms with E-state index in [1.807, 2.05) is 19.9 Å². The van der Waals surface area contributed by atoms with Gasteiger partial charge in [0.15, 0.2) is 5.65 Å². The van der Waals surface area contributed by atoms with Gasteiger partial charge in [-0.2, -0.15) is 5.10 Å². The molecule has 1 N–H and O–H groups in total. The number of aryl methyl sites for hydroxylation is 1. The molecule has 0 aliphatic heterocycles. The van der Waals surface area contributed by atoms with Gasteiger partial charge in [0, 0.05) is 12.8 Å². The zero-order valence-corrected chi connectivity index (χ0v) is 14.2. The number of ether oxygens (including phenoxy) is 1. The Morgan fingerprint density at radius 1 is 1.29 bits per heavy atom. The third kappa shape index (κ3) is 3.24. The number of nitrogens with one attached hydrogen (secondary N) is 1. The minimum Gasteiger partial charge on any atom is -0.377 e. The van der Waals surface area contributed by atoms with E-state index < -0.39 is 10.0 Å². The molecule has 0 aliphatic rings. The highest BCUT2D eigenvalue weighted by molar-refractivity contribution is 7.92. The van der Waals surface area contributed by atoms with E-state index in [1.165, 1.54) is 10.8 Å². The fraction of sp³-hybridized carbons (Fsp3) is 0.250. The number of anilines is 1. The van der Waals surface area contributed by atoms with Crippen molar-refractivity contribution < 1.29 is 13.2 Å². The molecule has 0 radical (unpaired) electrons. The maximum Gasteiger partial charge on any atom is 0.262 e. The van der Waals surface area contributed by atoms with Crippen LogP contribution in [0, 0.1) is 6.92 Å². The van der Waals surface area contributed by atoms with E-state index in [9.17, 15) is 8.42 Å². The fourth-order valence-corrected chi connectivity index (χ4v) is 3.53. The molecule has 0 bridgehead atoms. The summed E-state index contributed by atoms with van der Waals surface area (Å²) in [4.78, 5) is 4.30. The fourth-order valence-electron chi connectivity index (χ4n) is 2.32. The average Bonchev–Trinajstić information content (AvgIpc) is 3.05. The van der Waals surface area contributed by atoms with E-state index in [2.05, 4.69) is 14.8 Å². The molecule has 0 amide bonds.